The van der Waals surface area contributed by atoms with Crippen LogP contribution in [0.2, 0.25) is 0 Å². The third kappa shape index (κ3) is 5.79. The van der Waals surface area contributed by atoms with Crippen LogP contribution in [0.1, 0.15) is 52.6 Å². The van der Waals surface area contributed by atoms with Crippen LogP contribution in [0.5, 0.6) is 17.2 Å². The van der Waals surface area contributed by atoms with Crippen molar-refractivity contribution in [2.24, 2.45) is 11.8 Å². The molecule has 0 saturated carbocycles. The number of amides is 2. The zero-order valence-corrected chi connectivity index (χ0v) is 24.7. The molecule has 0 aliphatic carbocycles. The summed E-state index contributed by atoms with van der Waals surface area (Å²) in [6.07, 6.45) is 1.00. The molecule has 2 aliphatic heterocycles. The Balaban J connectivity index is 1.50. The molecule has 2 amide bonds. The van der Waals surface area contributed by atoms with Gasteiger partial charge in [0, 0.05) is 55.0 Å². The van der Waals surface area contributed by atoms with Crippen LogP contribution in [-0.2, 0) is 6.54 Å². The van der Waals surface area contributed by atoms with Crippen LogP contribution in [-0.4, -0.2) is 57.3 Å². The van der Waals surface area contributed by atoms with E-state index in [2.05, 4.69) is 15.5 Å². The van der Waals surface area contributed by atoms with Crippen molar-refractivity contribution in [2.75, 3.05) is 51.2 Å². The Morgan fingerprint density at radius 2 is 1.64 bits per heavy atom. The number of fused-ring (bicyclic) bond motifs is 4. The molecule has 2 N–H and O–H groups in total. The number of nitrogens with zero attached hydrogens (tertiary/aromatic N) is 2. The van der Waals surface area contributed by atoms with Gasteiger partial charge >= 0.3 is 0 Å². The third-order valence-corrected chi connectivity index (χ3v) is 7.93. The molecule has 2 aromatic carbocycles. The molecule has 2 bridgehead atoms. The van der Waals surface area contributed by atoms with E-state index >= 15 is 0 Å². The molecule has 10 heteroatoms. The number of carbonyl (C=O) groups is 2. The Bertz CT molecular complexity index is 1520. The van der Waals surface area contributed by atoms with Gasteiger partial charge < -0.3 is 34.3 Å². The highest BCUT2D eigenvalue weighted by Gasteiger charge is 2.35. The van der Waals surface area contributed by atoms with Crippen molar-refractivity contribution in [1.29, 1.82) is 0 Å². The summed E-state index contributed by atoms with van der Waals surface area (Å²) < 4.78 is 18.2. The van der Waals surface area contributed by atoms with Gasteiger partial charge in [-0.15, -0.1) is 0 Å². The number of pyridine rings is 1. The molecule has 2 atom stereocenters. The number of ether oxygens (including phenoxy) is 3. The minimum absolute atomic E-state index is 0.0331. The fourth-order valence-electron chi connectivity index (χ4n) is 5.95. The second-order valence-electron chi connectivity index (χ2n) is 11.3. The predicted molar refractivity (Wildman–Crippen MR) is 161 cm³/mol. The average Bonchev–Trinajstić information content (AvgIpc) is 2.99. The molecule has 2 aliphatic rings. The van der Waals surface area contributed by atoms with E-state index in [-0.39, 0.29) is 29.2 Å². The van der Waals surface area contributed by atoms with Crippen LogP contribution in [0, 0.1) is 11.8 Å². The van der Waals surface area contributed by atoms with Gasteiger partial charge in [0.2, 0.25) is 5.75 Å². The summed E-state index contributed by atoms with van der Waals surface area (Å²) in [5, 5.41) is 6.01. The van der Waals surface area contributed by atoms with E-state index in [4.69, 9.17) is 14.2 Å². The Morgan fingerprint density at radius 1 is 0.905 bits per heavy atom. The lowest BCUT2D eigenvalue weighted by atomic mass is 9.83. The lowest BCUT2D eigenvalue weighted by Crippen LogP contribution is -2.47. The topological polar surface area (TPSA) is 111 Å². The molecule has 42 heavy (non-hydrogen) atoms. The summed E-state index contributed by atoms with van der Waals surface area (Å²) in [5.41, 5.74) is 3.18. The summed E-state index contributed by atoms with van der Waals surface area (Å²) in [5.74, 6) is 1.29. The van der Waals surface area contributed by atoms with Crippen molar-refractivity contribution >= 4 is 23.2 Å². The van der Waals surface area contributed by atoms with E-state index in [1.165, 1.54) is 21.3 Å². The largest absolute Gasteiger partial charge is 0.493 e. The molecule has 0 radical (unpaired) electrons. The van der Waals surface area contributed by atoms with E-state index in [0.29, 0.717) is 59.6 Å². The lowest BCUT2D eigenvalue weighted by molar-refractivity contribution is 0.0947. The zero-order chi connectivity index (χ0) is 30.0. The van der Waals surface area contributed by atoms with Crippen molar-refractivity contribution in [3.05, 3.63) is 75.7 Å². The first-order valence-corrected chi connectivity index (χ1v) is 14.2. The average molecular weight is 575 g/mol. The fraction of sp³-hybridized carbons (Fsp3) is 0.406. The van der Waals surface area contributed by atoms with Crippen molar-refractivity contribution in [3.8, 4) is 17.2 Å². The SMILES string of the molecule is COc1cc(C(=O)Nc2cc(C(=O)NCC(C)C)ccc2N2C[C@H]3C[C@@H](C2)c2cccc(=O)n2C3)cc(OC)c1OC. The van der Waals surface area contributed by atoms with E-state index in [1.807, 2.05) is 36.6 Å². The molecule has 1 aromatic heterocycles. The van der Waals surface area contributed by atoms with Gasteiger partial charge in [0.25, 0.3) is 17.4 Å². The number of anilines is 2. The van der Waals surface area contributed by atoms with E-state index in [9.17, 15) is 14.4 Å². The highest BCUT2D eigenvalue weighted by molar-refractivity contribution is 6.08. The molecule has 1 fully saturated rings. The molecular weight excluding hydrogens is 536 g/mol. The maximum atomic E-state index is 13.7. The van der Waals surface area contributed by atoms with Crippen LogP contribution < -0.4 is 35.3 Å². The van der Waals surface area contributed by atoms with Gasteiger partial charge in [-0.05, 0) is 54.7 Å². The summed E-state index contributed by atoms with van der Waals surface area (Å²) in [6, 6.07) is 14.1. The number of piperidine rings is 1. The van der Waals surface area contributed by atoms with Crippen LogP contribution in [0.25, 0.3) is 0 Å². The standard InChI is InChI=1S/C32H38N4O6/c1-19(2)15-33-31(38)21-9-10-26(35-16-20-11-23(18-35)25-7-6-8-29(37)36(25)17-20)24(12-21)34-32(39)22-13-27(40-3)30(42-5)28(14-22)41-4/h6-10,12-14,19-20,23H,11,15-18H2,1-5H3,(H,33,38)(H,34,39)/t20-,23+/m1/s1. The highest BCUT2D eigenvalue weighted by atomic mass is 16.5. The minimum Gasteiger partial charge on any atom is -0.493 e. The molecule has 0 spiro atoms. The summed E-state index contributed by atoms with van der Waals surface area (Å²) in [4.78, 5) is 41.4. The molecule has 0 unspecified atom stereocenters. The van der Waals surface area contributed by atoms with E-state index in [1.54, 1.807) is 30.3 Å². The van der Waals surface area contributed by atoms with Crippen molar-refractivity contribution in [2.45, 2.75) is 32.7 Å². The van der Waals surface area contributed by atoms with Gasteiger partial charge in [0.05, 0.1) is 32.7 Å². The Hall–Kier alpha value is -4.47. The van der Waals surface area contributed by atoms with Gasteiger partial charge in [-0.3, -0.25) is 14.4 Å². The summed E-state index contributed by atoms with van der Waals surface area (Å²) >= 11 is 0. The quantitative estimate of drug-likeness (QED) is 0.395. The second-order valence-corrected chi connectivity index (χ2v) is 11.3. The normalized spacial score (nSPS) is 17.3. The van der Waals surface area contributed by atoms with Gasteiger partial charge in [0.1, 0.15) is 0 Å². The number of hydrogen-bond donors (Lipinski definition) is 2. The molecule has 1 saturated heterocycles. The van der Waals surface area contributed by atoms with Gasteiger partial charge in [0.15, 0.2) is 11.5 Å². The number of methoxy groups -OCH3 is 3. The van der Waals surface area contributed by atoms with Crippen LogP contribution in [0.15, 0.2) is 53.3 Å². The summed E-state index contributed by atoms with van der Waals surface area (Å²) in [7, 11) is 4.50. The number of benzene rings is 2. The van der Waals surface area contributed by atoms with E-state index in [0.717, 1.165) is 24.3 Å². The molecular formula is C32H38N4O6. The highest BCUT2D eigenvalue weighted by Crippen LogP contribution is 2.41. The van der Waals surface area contributed by atoms with Crippen molar-refractivity contribution in [1.82, 2.24) is 9.88 Å². The molecule has 5 rings (SSSR count). The number of aromatic nitrogens is 1. The zero-order valence-electron chi connectivity index (χ0n) is 24.7. The first-order valence-electron chi connectivity index (χ1n) is 14.2. The number of nitrogens with one attached hydrogen (secondary N) is 2. The molecule has 3 heterocycles. The summed E-state index contributed by atoms with van der Waals surface area (Å²) in [6.45, 7) is 6.68. The van der Waals surface area contributed by atoms with Gasteiger partial charge in [-0.25, -0.2) is 0 Å². The van der Waals surface area contributed by atoms with Crippen LogP contribution in [0.3, 0.4) is 0 Å². The first-order chi connectivity index (χ1) is 20.2. The number of rotatable bonds is 9. The molecule has 222 valence electrons. The van der Waals surface area contributed by atoms with Crippen molar-refractivity contribution in [3.63, 3.8) is 0 Å². The predicted octanol–water partition coefficient (Wildman–Crippen LogP) is 4.14. The second kappa shape index (κ2) is 12.2. The first kappa shape index (κ1) is 29.0. The fourth-order valence-corrected chi connectivity index (χ4v) is 5.95. The molecule has 3 aromatic rings. The van der Waals surface area contributed by atoms with E-state index < -0.39 is 0 Å². The van der Waals surface area contributed by atoms with Gasteiger partial charge in [-0.1, -0.05) is 19.9 Å². The number of carbonyl (C=O) groups excluding carboxylic acids is 2. The van der Waals surface area contributed by atoms with Crippen molar-refractivity contribution < 1.29 is 23.8 Å². The lowest BCUT2D eigenvalue weighted by Gasteiger charge is -2.44. The smallest absolute Gasteiger partial charge is 0.255 e. The van der Waals surface area contributed by atoms with Crippen LogP contribution in [0.4, 0.5) is 11.4 Å². The maximum Gasteiger partial charge on any atom is 0.255 e. The Kier molecular flexibility index (Phi) is 8.42. The Labute approximate surface area is 245 Å². The monoisotopic (exact) mass is 574 g/mol. The third-order valence-electron chi connectivity index (χ3n) is 7.93. The maximum absolute atomic E-state index is 13.7. The number of hydrogen-bond acceptors (Lipinski definition) is 7. The van der Waals surface area contributed by atoms with Gasteiger partial charge in [-0.2, -0.15) is 0 Å². The van der Waals surface area contributed by atoms with Crippen LogP contribution >= 0.6 is 0 Å². The minimum atomic E-state index is -0.385. The Morgan fingerprint density at radius 3 is 2.31 bits per heavy atom. The molecule has 10 nitrogen and oxygen atoms in total.